The minimum absolute atomic E-state index is 0.124. The first-order valence-electron chi connectivity index (χ1n) is 4.14. The highest BCUT2D eigenvalue weighted by molar-refractivity contribution is 8.76. The van der Waals surface area contributed by atoms with Gasteiger partial charge in [-0.3, -0.25) is 4.79 Å². The highest BCUT2D eigenvalue weighted by Crippen LogP contribution is 2.17. The minimum atomic E-state index is -0.974. The second-order valence-electron chi connectivity index (χ2n) is 2.76. The highest BCUT2D eigenvalue weighted by atomic mass is 33.1. The van der Waals surface area contributed by atoms with Gasteiger partial charge in [0.25, 0.3) is 0 Å². The molecule has 0 saturated heterocycles. The van der Waals surface area contributed by atoms with Crippen LogP contribution in [0.25, 0.3) is 0 Å². The molecule has 0 saturated carbocycles. The number of hydrogen-bond acceptors (Lipinski definition) is 4. The smallest absolute Gasteiger partial charge is 0.326 e. The number of aliphatic carboxylic acids is 1. The second kappa shape index (κ2) is 7.00. The van der Waals surface area contributed by atoms with Crippen LogP contribution in [0.5, 0.6) is 0 Å². The molecule has 1 unspecified atom stereocenters. The second-order valence-corrected chi connectivity index (χ2v) is 5.44. The molecule has 4 nitrogen and oxygen atoms in total. The average Bonchev–Trinajstić information content (AvgIpc) is 2.15. The molecular weight excluding hydrogens is 222 g/mol. The Morgan fingerprint density at radius 1 is 1.50 bits per heavy atom. The number of rotatable bonds is 6. The van der Waals surface area contributed by atoms with Gasteiger partial charge in [0.1, 0.15) is 6.04 Å². The van der Waals surface area contributed by atoms with E-state index in [9.17, 15) is 9.59 Å². The first kappa shape index (κ1) is 13.6. The summed E-state index contributed by atoms with van der Waals surface area (Å²) in [4.78, 5) is 23.2. The fourth-order valence-electron chi connectivity index (χ4n) is 0.770. The summed E-state index contributed by atoms with van der Waals surface area (Å²) < 4.78 is 0. The van der Waals surface area contributed by atoms with Crippen LogP contribution in [0.2, 0.25) is 0 Å². The Bertz CT molecular complexity index is 211. The Hall–Kier alpha value is -0.360. The van der Waals surface area contributed by atoms with E-state index in [4.69, 9.17) is 5.11 Å². The Morgan fingerprint density at radius 3 is 2.50 bits per heavy atom. The number of nitrogens with zero attached hydrogens (tertiary/aromatic N) is 1. The minimum Gasteiger partial charge on any atom is -0.480 e. The number of carboxylic acid groups (broad SMARTS) is 1. The van der Waals surface area contributed by atoms with Crippen molar-refractivity contribution < 1.29 is 14.7 Å². The molecule has 1 atom stereocenters. The quantitative estimate of drug-likeness (QED) is 0.558. The van der Waals surface area contributed by atoms with Crippen molar-refractivity contribution in [3.63, 3.8) is 0 Å². The van der Waals surface area contributed by atoms with Gasteiger partial charge in [0.2, 0.25) is 5.91 Å². The van der Waals surface area contributed by atoms with E-state index in [0.29, 0.717) is 6.42 Å². The predicted octanol–water partition coefficient (Wildman–Crippen LogP) is 1.32. The van der Waals surface area contributed by atoms with E-state index in [2.05, 4.69) is 0 Å². The van der Waals surface area contributed by atoms with Gasteiger partial charge in [0.15, 0.2) is 0 Å². The molecule has 1 N–H and O–H groups in total. The SMILES string of the molecule is CSSCCC(=O)N(C)C(C)C(=O)O. The van der Waals surface area contributed by atoms with E-state index >= 15 is 0 Å². The van der Waals surface area contributed by atoms with E-state index in [-0.39, 0.29) is 5.91 Å². The van der Waals surface area contributed by atoms with Crippen molar-refractivity contribution in [2.24, 2.45) is 0 Å². The van der Waals surface area contributed by atoms with Crippen LogP contribution >= 0.6 is 21.6 Å². The molecule has 0 aliphatic carbocycles. The third-order valence-corrected chi connectivity index (χ3v) is 3.66. The van der Waals surface area contributed by atoms with Crippen molar-refractivity contribution in [1.29, 1.82) is 0 Å². The zero-order valence-electron chi connectivity index (χ0n) is 8.52. The number of carbonyl (C=O) groups is 2. The zero-order valence-corrected chi connectivity index (χ0v) is 10.2. The van der Waals surface area contributed by atoms with Gasteiger partial charge in [-0.15, -0.1) is 0 Å². The Balaban J connectivity index is 3.92. The van der Waals surface area contributed by atoms with Gasteiger partial charge in [-0.25, -0.2) is 4.79 Å². The third kappa shape index (κ3) is 4.76. The van der Waals surface area contributed by atoms with Gasteiger partial charge >= 0.3 is 5.97 Å². The fraction of sp³-hybridized carbons (Fsp3) is 0.750. The maximum Gasteiger partial charge on any atom is 0.326 e. The Kier molecular flexibility index (Phi) is 6.82. The number of carboxylic acids is 1. The van der Waals surface area contributed by atoms with Crippen molar-refractivity contribution in [1.82, 2.24) is 4.90 Å². The molecule has 0 aromatic rings. The molecule has 0 heterocycles. The van der Waals surface area contributed by atoms with E-state index in [1.54, 1.807) is 21.6 Å². The van der Waals surface area contributed by atoms with E-state index < -0.39 is 12.0 Å². The summed E-state index contributed by atoms with van der Waals surface area (Å²) in [7, 11) is 4.71. The molecule has 0 spiro atoms. The topological polar surface area (TPSA) is 57.6 Å². The van der Waals surface area contributed by atoms with Crippen LogP contribution in [0.1, 0.15) is 13.3 Å². The Labute approximate surface area is 91.8 Å². The lowest BCUT2D eigenvalue weighted by molar-refractivity contribution is -0.148. The standard InChI is InChI=1S/C8H15NO3S2/c1-6(8(11)12)9(2)7(10)4-5-14-13-3/h6H,4-5H2,1-3H3,(H,11,12). The molecular formula is C8H15NO3S2. The van der Waals surface area contributed by atoms with Crippen LogP contribution in [0.4, 0.5) is 0 Å². The molecule has 0 radical (unpaired) electrons. The molecule has 0 aliphatic rings. The van der Waals surface area contributed by atoms with Gasteiger partial charge < -0.3 is 10.0 Å². The molecule has 0 bridgehead atoms. The molecule has 82 valence electrons. The Morgan fingerprint density at radius 2 is 2.07 bits per heavy atom. The average molecular weight is 237 g/mol. The van der Waals surface area contributed by atoms with Crippen LogP contribution in [0, 0.1) is 0 Å². The van der Waals surface area contributed by atoms with Crippen LogP contribution in [0.3, 0.4) is 0 Å². The molecule has 6 heteroatoms. The lowest BCUT2D eigenvalue weighted by Crippen LogP contribution is -2.40. The highest BCUT2D eigenvalue weighted by Gasteiger charge is 2.20. The number of amides is 1. The van der Waals surface area contributed by atoms with Crippen LogP contribution in [0.15, 0.2) is 0 Å². The molecule has 1 amide bonds. The molecule has 0 rings (SSSR count). The van der Waals surface area contributed by atoms with Crippen LogP contribution < -0.4 is 0 Å². The van der Waals surface area contributed by atoms with Crippen molar-refractivity contribution in [2.45, 2.75) is 19.4 Å². The summed E-state index contributed by atoms with van der Waals surface area (Å²) in [5, 5.41) is 8.67. The summed E-state index contributed by atoms with van der Waals surface area (Å²) >= 11 is 0. The molecule has 14 heavy (non-hydrogen) atoms. The van der Waals surface area contributed by atoms with Gasteiger partial charge in [-0.1, -0.05) is 21.6 Å². The summed E-state index contributed by atoms with van der Waals surface area (Å²) in [6, 6.07) is -0.748. The van der Waals surface area contributed by atoms with E-state index in [1.165, 1.54) is 18.9 Å². The van der Waals surface area contributed by atoms with Crippen LogP contribution in [-0.4, -0.2) is 47.0 Å². The molecule has 0 aromatic carbocycles. The largest absolute Gasteiger partial charge is 0.480 e. The third-order valence-electron chi connectivity index (χ3n) is 1.85. The normalized spacial score (nSPS) is 12.2. The summed E-state index contributed by atoms with van der Waals surface area (Å²) in [5.41, 5.74) is 0. The van der Waals surface area contributed by atoms with E-state index in [0.717, 1.165) is 5.75 Å². The zero-order chi connectivity index (χ0) is 11.1. The summed E-state index contributed by atoms with van der Waals surface area (Å²) in [5.74, 6) is -0.378. The molecule has 0 aliphatic heterocycles. The maximum absolute atomic E-state index is 11.4. The van der Waals surface area contributed by atoms with Crippen molar-refractivity contribution in [3.05, 3.63) is 0 Å². The first-order valence-corrected chi connectivity index (χ1v) is 6.87. The first-order chi connectivity index (χ1) is 6.50. The fourth-order valence-corrected chi connectivity index (χ4v) is 1.94. The number of likely N-dealkylation sites (N-methyl/N-ethyl adjacent to an activating group) is 1. The lowest BCUT2D eigenvalue weighted by atomic mass is 10.3. The summed E-state index contributed by atoms with van der Waals surface area (Å²) in [6.45, 7) is 1.50. The van der Waals surface area contributed by atoms with Crippen molar-refractivity contribution in [2.75, 3.05) is 19.1 Å². The van der Waals surface area contributed by atoms with E-state index in [1.807, 2.05) is 6.26 Å². The van der Waals surface area contributed by atoms with Gasteiger partial charge in [0, 0.05) is 19.2 Å². The van der Waals surface area contributed by atoms with Crippen LogP contribution in [-0.2, 0) is 9.59 Å². The van der Waals surface area contributed by atoms with Crippen molar-refractivity contribution in [3.8, 4) is 0 Å². The number of carbonyl (C=O) groups excluding carboxylic acids is 1. The molecule has 0 aromatic heterocycles. The lowest BCUT2D eigenvalue weighted by Gasteiger charge is -2.21. The summed E-state index contributed by atoms with van der Waals surface area (Å²) in [6.07, 6.45) is 2.33. The molecule has 0 fully saturated rings. The number of hydrogen-bond donors (Lipinski definition) is 1. The monoisotopic (exact) mass is 237 g/mol. The van der Waals surface area contributed by atoms with Gasteiger partial charge in [0.05, 0.1) is 0 Å². The predicted molar refractivity (Wildman–Crippen MR) is 60.5 cm³/mol. The van der Waals surface area contributed by atoms with Gasteiger partial charge in [-0.05, 0) is 13.2 Å². The van der Waals surface area contributed by atoms with Crippen molar-refractivity contribution >= 4 is 33.5 Å². The van der Waals surface area contributed by atoms with Gasteiger partial charge in [-0.2, -0.15) is 0 Å². The maximum atomic E-state index is 11.4.